The van der Waals surface area contributed by atoms with Crippen molar-refractivity contribution in [2.24, 2.45) is 11.8 Å². The Hall–Kier alpha value is -2.97. The highest BCUT2D eigenvalue weighted by Crippen LogP contribution is 2.31. The van der Waals surface area contributed by atoms with Crippen molar-refractivity contribution >= 4 is 32.5 Å². The van der Waals surface area contributed by atoms with Crippen LogP contribution in [0.15, 0.2) is 65.7 Å². The summed E-state index contributed by atoms with van der Waals surface area (Å²) in [6.07, 6.45) is 4.64. The lowest BCUT2D eigenvalue weighted by molar-refractivity contribution is -0.121. The maximum absolute atomic E-state index is 12.9. The van der Waals surface area contributed by atoms with E-state index in [1.807, 2.05) is 43.3 Å². The van der Waals surface area contributed by atoms with Gasteiger partial charge >= 0.3 is 0 Å². The van der Waals surface area contributed by atoms with Gasteiger partial charge in [0, 0.05) is 24.0 Å². The first kappa shape index (κ1) is 23.2. The molecule has 2 aromatic carbocycles. The predicted molar refractivity (Wildman–Crippen MR) is 129 cm³/mol. The van der Waals surface area contributed by atoms with Crippen LogP contribution in [-0.4, -0.2) is 32.5 Å². The zero-order chi connectivity index (χ0) is 23.3. The Bertz CT molecular complexity index is 1220. The summed E-state index contributed by atoms with van der Waals surface area (Å²) in [5.41, 5.74) is 1.16. The maximum atomic E-state index is 12.9. The third-order valence-electron chi connectivity index (χ3n) is 6.11. The number of ether oxygens (including phenoxy) is 1. The number of anilines is 1. The number of nitrogens with one attached hydrogen (secondary N) is 2. The van der Waals surface area contributed by atoms with E-state index in [-0.39, 0.29) is 22.6 Å². The van der Waals surface area contributed by atoms with Gasteiger partial charge in [-0.05, 0) is 62.8 Å². The van der Waals surface area contributed by atoms with Gasteiger partial charge in [0.1, 0.15) is 10.6 Å². The Morgan fingerprint density at radius 3 is 2.58 bits per heavy atom. The van der Waals surface area contributed by atoms with E-state index in [0.29, 0.717) is 30.1 Å². The average Bonchev–Trinajstić information content (AvgIpc) is 2.84. The number of hydrogen-bond donors (Lipinski definition) is 2. The number of amides is 1. The first-order valence-corrected chi connectivity index (χ1v) is 12.8. The molecular formula is C25H29N3O4S. The van der Waals surface area contributed by atoms with Crippen molar-refractivity contribution in [3.05, 3.63) is 60.8 Å². The fraction of sp³-hybridized carbons (Fsp3) is 0.360. The Kier molecular flexibility index (Phi) is 7.25. The molecule has 3 aromatic rings. The molecule has 1 aliphatic rings. The topological polar surface area (TPSA) is 97.4 Å². The summed E-state index contributed by atoms with van der Waals surface area (Å²) in [5.74, 6) is 0.764. The molecule has 1 amide bonds. The lowest BCUT2D eigenvalue weighted by atomic mass is 9.81. The lowest BCUT2D eigenvalue weighted by Crippen LogP contribution is -2.33. The monoisotopic (exact) mass is 467 g/mol. The van der Waals surface area contributed by atoms with Gasteiger partial charge in [0.25, 0.3) is 0 Å². The Morgan fingerprint density at radius 2 is 1.79 bits per heavy atom. The second-order valence-electron chi connectivity index (χ2n) is 8.32. The number of aromatic nitrogens is 1. The molecular weight excluding hydrogens is 438 g/mol. The molecule has 4 rings (SSSR count). The van der Waals surface area contributed by atoms with Crippen molar-refractivity contribution in [1.82, 2.24) is 9.71 Å². The molecule has 1 fully saturated rings. The van der Waals surface area contributed by atoms with Crippen LogP contribution < -0.4 is 14.8 Å². The van der Waals surface area contributed by atoms with E-state index < -0.39 is 10.0 Å². The molecule has 0 unspecified atom stereocenters. The number of rotatable bonds is 8. The van der Waals surface area contributed by atoms with Crippen molar-refractivity contribution in [3.63, 3.8) is 0 Å². The van der Waals surface area contributed by atoms with Crippen LogP contribution in [0.2, 0.25) is 0 Å². The number of para-hydroxylation sites is 3. The Morgan fingerprint density at radius 1 is 1.03 bits per heavy atom. The summed E-state index contributed by atoms with van der Waals surface area (Å²) in [6.45, 7) is 2.79. The number of fused-ring (bicyclic) bond motifs is 1. The van der Waals surface area contributed by atoms with Crippen molar-refractivity contribution < 1.29 is 17.9 Å². The summed E-state index contributed by atoms with van der Waals surface area (Å²) in [7, 11) is -3.67. The van der Waals surface area contributed by atoms with Crippen molar-refractivity contribution in [1.29, 1.82) is 0 Å². The lowest BCUT2D eigenvalue weighted by Gasteiger charge is -2.28. The van der Waals surface area contributed by atoms with Crippen LogP contribution in [-0.2, 0) is 14.8 Å². The number of benzene rings is 2. The molecule has 0 saturated heterocycles. The molecule has 1 aromatic heterocycles. The zero-order valence-electron chi connectivity index (χ0n) is 18.7. The normalized spacial score (nSPS) is 18.7. The van der Waals surface area contributed by atoms with Crippen LogP contribution in [0.5, 0.6) is 5.75 Å². The fourth-order valence-electron chi connectivity index (χ4n) is 4.31. The number of nitrogens with zero attached hydrogens (tertiary/aromatic N) is 1. The van der Waals surface area contributed by atoms with Crippen LogP contribution >= 0.6 is 0 Å². The predicted octanol–water partition coefficient (Wildman–Crippen LogP) is 4.36. The molecule has 1 heterocycles. The molecule has 33 heavy (non-hydrogen) atoms. The summed E-state index contributed by atoms with van der Waals surface area (Å²) < 4.78 is 34.2. The standard InChI is InChI=1S/C25H29N3O4S/c1-2-32-22-10-4-3-9-21(22)28-25(29)20-14-12-18(13-15-20)17-27-33(30,31)23-11-5-7-19-8-6-16-26-24(19)23/h3-11,16,18,20,27H,2,12-15,17H2,1H3,(H,28,29). The van der Waals surface area contributed by atoms with Gasteiger partial charge in [-0.3, -0.25) is 9.78 Å². The van der Waals surface area contributed by atoms with Crippen LogP contribution in [0, 0.1) is 11.8 Å². The molecule has 2 N–H and O–H groups in total. The van der Waals surface area contributed by atoms with Gasteiger partial charge in [-0.25, -0.2) is 13.1 Å². The van der Waals surface area contributed by atoms with Crippen LogP contribution in [0.25, 0.3) is 10.9 Å². The van der Waals surface area contributed by atoms with Crippen molar-refractivity contribution in [3.8, 4) is 5.75 Å². The van der Waals surface area contributed by atoms with Crippen LogP contribution in [0.4, 0.5) is 5.69 Å². The Labute approximate surface area is 194 Å². The van der Waals surface area contributed by atoms with E-state index in [1.54, 1.807) is 24.4 Å². The minimum absolute atomic E-state index is 0.0111. The molecule has 174 valence electrons. The minimum atomic E-state index is -3.67. The van der Waals surface area contributed by atoms with Crippen molar-refractivity contribution in [2.75, 3.05) is 18.5 Å². The fourth-order valence-corrected chi connectivity index (χ4v) is 5.61. The molecule has 0 atom stereocenters. The molecule has 0 aliphatic heterocycles. The van der Waals surface area contributed by atoms with E-state index in [4.69, 9.17) is 4.74 Å². The maximum Gasteiger partial charge on any atom is 0.242 e. The minimum Gasteiger partial charge on any atom is -0.492 e. The zero-order valence-corrected chi connectivity index (χ0v) is 19.5. The molecule has 7 nitrogen and oxygen atoms in total. The first-order chi connectivity index (χ1) is 16.0. The van der Waals surface area contributed by atoms with Gasteiger partial charge < -0.3 is 10.1 Å². The second kappa shape index (κ2) is 10.3. The average molecular weight is 468 g/mol. The molecule has 1 saturated carbocycles. The van der Waals surface area contributed by atoms with Gasteiger partial charge in [0.05, 0.1) is 17.8 Å². The van der Waals surface area contributed by atoms with E-state index in [2.05, 4.69) is 15.0 Å². The van der Waals surface area contributed by atoms with Gasteiger partial charge in [0.2, 0.25) is 15.9 Å². The van der Waals surface area contributed by atoms with E-state index >= 15 is 0 Å². The van der Waals surface area contributed by atoms with E-state index in [0.717, 1.165) is 31.1 Å². The summed E-state index contributed by atoms with van der Waals surface area (Å²) in [5, 5.41) is 3.78. The number of sulfonamides is 1. The van der Waals surface area contributed by atoms with Gasteiger partial charge in [-0.15, -0.1) is 0 Å². The van der Waals surface area contributed by atoms with Gasteiger partial charge in [-0.2, -0.15) is 0 Å². The van der Waals surface area contributed by atoms with Crippen LogP contribution in [0.1, 0.15) is 32.6 Å². The number of pyridine rings is 1. The second-order valence-corrected chi connectivity index (χ2v) is 10.1. The van der Waals surface area contributed by atoms with Crippen molar-refractivity contribution in [2.45, 2.75) is 37.5 Å². The number of hydrogen-bond acceptors (Lipinski definition) is 5. The van der Waals surface area contributed by atoms with E-state index in [1.165, 1.54) is 0 Å². The molecule has 1 aliphatic carbocycles. The molecule has 0 spiro atoms. The quantitative estimate of drug-likeness (QED) is 0.513. The summed E-state index contributed by atoms with van der Waals surface area (Å²) >= 11 is 0. The SMILES string of the molecule is CCOc1ccccc1NC(=O)C1CCC(CNS(=O)(=O)c2cccc3cccnc23)CC1. The number of carbonyl (C=O) groups is 1. The molecule has 8 heteroatoms. The molecule has 0 radical (unpaired) electrons. The third kappa shape index (κ3) is 5.51. The highest BCUT2D eigenvalue weighted by atomic mass is 32.2. The van der Waals surface area contributed by atoms with E-state index in [9.17, 15) is 13.2 Å². The van der Waals surface area contributed by atoms with Crippen LogP contribution in [0.3, 0.4) is 0 Å². The number of carbonyl (C=O) groups excluding carboxylic acids is 1. The first-order valence-electron chi connectivity index (χ1n) is 11.3. The summed E-state index contributed by atoms with van der Waals surface area (Å²) in [4.78, 5) is 17.2. The highest BCUT2D eigenvalue weighted by Gasteiger charge is 2.28. The van der Waals surface area contributed by atoms with Gasteiger partial charge in [-0.1, -0.05) is 30.3 Å². The smallest absolute Gasteiger partial charge is 0.242 e. The van der Waals surface area contributed by atoms with Gasteiger partial charge in [0.15, 0.2) is 0 Å². The Balaban J connectivity index is 1.32. The highest BCUT2D eigenvalue weighted by molar-refractivity contribution is 7.89. The largest absolute Gasteiger partial charge is 0.492 e. The third-order valence-corrected chi connectivity index (χ3v) is 7.56. The summed E-state index contributed by atoms with van der Waals surface area (Å²) in [6, 6.07) is 16.2. The molecule has 0 bridgehead atoms.